The molecule has 0 fully saturated rings. The van der Waals surface area contributed by atoms with Gasteiger partial charge >= 0.3 is 0 Å². The number of aliphatic hydroxyl groups is 1. The lowest BCUT2D eigenvalue weighted by Crippen LogP contribution is -1.93. The van der Waals surface area contributed by atoms with Crippen LogP contribution in [-0.2, 0) is 6.61 Å². The highest BCUT2D eigenvalue weighted by atomic mass is 19.1. The van der Waals surface area contributed by atoms with E-state index in [9.17, 15) is 9.50 Å². The minimum absolute atomic E-state index is 0.259. The number of benzene rings is 2. The maximum atomic E-state index is 13.7. The Morgan fingerprint density at radius 3 is 2.79 bits per heavy atom. The van der Waals surface area contributed by atoms with E-state index in [0.717, 1.165) is 33.3 Å². The number of aromatic amines is 1. The molecule has 0 amide bonds. The van der Waals surface area contributed by atoms with Crippen LogP contribution in [0.4, 0.5) is 4.39 Å². The van der Waals surface area contributed by atoms with Crippen molar-refractivity contribution in [2.24, 2.45) is 0 Å². The molecular weight excluding hydrogens is 305 g/mol. The maximum absolute atomic E-state index is 13.7. The highest BCUT2D eigenvalue weighted by molar-refractivity contribution is 5.88. The van der Waals surface area contributed by atoms with E-state index in [1.165, 1.54) is 6.07 Å². The first kappa shape index (κ1) is 14.5. The summed E-state index contributed by atoms with van der Waals surface area (Å²) in [7, 11) is 0. The zero-order valence-corrected chi connectivity index (χ0v) is 12.7. The number of aromatic nitrogens is 3. The minimum atomic E-state index is -0.418. The normalized spacial score (nSPS) is 11.1. The molecule has 0 aliphatic rings. The number of fused-ring (bicyclic) bond motifs is 1. The maximum Gasteiger partial charge on any atom is 0.128 e. The Kier molecular flexibility index (Phi) is 3.55. The fourth-order valence-electron chi connectivity index (χ4n) is 2.82. The molecule has 0 aliphatic carbocycles. The summed E-state index contributed by atoms with van der Waals surface area (Å²) in [5.41, 5.74) is 4.68. The van der Waals surface area contributed by atoms with Crippen LogP contribution in [0.2, 0.25) is 0 Å². The Morgan fingerprint density at radius 2 is 1.92 bits per heavy atom. The number of halogens is 1. The second kappa shape index (κ2) is 5.86. The van der Waals surface area contributed by atoms with Crippen LogP contribution in [0, 0.1) is 5.82 Å². The van der Waals surface area contributed by atoms with Crippen molar-refractivity contribution in [1.29, 1.82) is 0 Å². The number of nitrogens with one attached hydrogen (secondary N) is 1. The predicted molar refractivity (Wildman–Crippen MR) is 90.6 cm³/mol. The molecule has 2 heterocycles. The molecule has 2 aromatic heterocycles. The Morgan fingerprint density at radius 1 is 1.04 bits per heavy atom. The summed E-state index contributed by atoms with van der Waals surface area (Å²) in [4.78, 5) is 4.47. The van der Waals surface area contributed by atoms with Crippen molar-refractivity contribution < 1.29 is 9.50 Å². The lowest BCUT2D eigenvalue weighted by Gasteiger charge is -2.10. The number of H-pyrrole nitrogens is 1. The zero-order chi connectivity index (χ0) is 16.5. The quantitative estimate of drug-likeness (QED) is 0.601. The van der Waals surface area contributed by atoms with Gasteiger partial charge in [0.15, 0.2) is 0 Å². The third-order valence-corrected chi connectivity index (χ3v) is 4.05. The predicted octanol–water partition coefficient (Wildman–Crippen LogP) is 3.92. The zero-order valence-electron chi connectivity index (χ0n) is 12.7. The molecule has 2 N–H and O–H groups in total. The number of rotatable bonds is 3. The highest BCUT2D eigenvalue weighted by Crippen LogP contribution is 2.32. The summed E-state index contributed by atoms with van der Waals surface area (Å²) >= 11 is 0. The molecule has 4 rings (SSSR count). The lowest BCUT2D eigenvalue weighted by molar-refractivity contribution is 0.276. The second-order valence-corrected chi connectivity index (χ2v) is 5.54. The molecule has 0 atom stereocenters. The van der Waals surface area contributed by atoms with Crippen molar-refractivity contribution in [2.75, 3.05) is 0 Å². The Balaban J connectivity index is 1.89. The van der Waals surface area contributed by atoms with Gasteiger partial charge in [0.1, 0.15) is 5.82 Å². The van der Waals surface area contributed by atoms with Crippen LogP contribution in [0.25, 0.3) is 33.3 Å². The van der Waals surface area contributed by atoms with Gasteiger partial charge in [-0.25, -0.2) is 4.39 Å². The first-order chi connectivity index (χ1) is 11.8. The average molecular weight is 319 g/mol. The van der Waals surface area contributed by atoms with Crippen LogP contribution >= 0.6 is 0 Å². The highest BCUT2D eigenvalue weighted by Gasteiger charge is 2.11. The molecule has 0 unspecified atom stereocenters. The SMILES string of the molecule is OCc1cc(-c2ncccc2-c2ccc3[nH]ncc3c2)ccc1F. The van der Waals surface area contributed by atoms with E-state index in [2.05, 4.69) is 15.2 Å². The van der Waals surface area contributed by atoms with Crippen LogP contribution < -0.4 is 0 Å². The fraction of sp³-hybridized carbons (Fsp3) is 0.0526. The summed E-state index contributed by atoms with van der Waals surface area (Å²) < 4.78 is 13.7. The largest absolute Gasteiger partial charge is 0.392 e. The van der Waals surface area contributed by atoms with E-state index < -0.39 is 5.82 Å². The van der Waals surface area contributed by atoms with Gasteiger partial charge in [-0.3, -0.25) is 10.1 Å². The monoisotopic (exact) mass is 319 g/mol. The van der Waals surface area contributed by atoms with Gasteiger partial charge in [-0.1, -0.05) is 12.1 Å². The van der Waals surface area contributed by atoms with Crippen LogP contribution in [-0.4, -0.2) is 20.3 Å². The number of aliphatic hydroxyl groups excluding tert-OH is 1. The van der Waals surface area contributed by atoms with Gasteiger partial charge in [-0.2, -0.15) is 5.10 Å². The van der Waals surface area contributed by atoms with Gasteiger partial charge in [0.05, 0.1) is 24.0 Å². The van der Waals surface area contributed by atoms with Gasteiger partial charge in [0.25, 0.3) is 0 Å². The summed E-state index contributed by atoms with van der Waals surface area (Å²) in [5.74, 6) is -0.418. The molecule has 0 aliphatic heterocycles. The van der Waals surface area contributed by atoms with Gasteiger partial charge in [-0.05, 0) is 42.0 Å². The van der Waals surface area contributed by atoms with Crippen molar-refractivity contribution in [3.05, 3.63) is 72.3 Å². The molecule has 118 valence electrons. The van der Waals surface area contributed by atoms with E-state index in [1.54, 1.807) is 24.5 Å². The minimum Gasteiger partial charge on any atom is -0.392 e. The number of nitrogens with zero attached hydrogens (tertiary/aromatic N) is 2. The third-order valence-electron chi connectivity index (χ3n) is 4.05. The molecule has 5 heteroatoms. The molecule has 0 bridgehead atoms. The summed E-state index contributed by atoms with van der Waals surface area (Å²) in [5, 5.41) is 17.3. The molecule has 4 nitrogen and oxygen atoms in total. The molecule has 0 saturated carbocycles. The number of hydrogen-bond acceptors (Lipinski definition) is 3. The molecule has 0 radical (unpaired) electrons. The number of pyridine rings is 1. The van der Waals surface area contributed by atoms with Crippen molar-refractivity contribution in [3.8, 4) is 22.4 Å². The summed E-state index contributed by atoms with van der Waals surface area (Å²) in [6.07, 6.45) is 3.48. The first-order valence-electron chi connectivity index (χ1n) is 7.54. The Hall–Kier alpha value is -3.05. The molecule has 4 aromatic rings. The smallest absolute Gasteiger partial charge is 0.128 e. The Labute approximate surface area is 137 Å². The first-order valence-corrected chi connectivity index (χ1v) is 7.54. The van der Waals surface area contributed by atoms with Crippen molar-refractivity contribution in [1.82, 2.24) is 15.2 Å². The third kappa shape index (κ3) is 2.45. The van der Waals surface area contributed by atoms with E-state index in [0.29, 0.717) is 0 Å². The van der Waals surface area contributed by atoms with Crippen molar-refractivity contribution in [2.45, 2.75) is 6.61 Å². The molecule has 2 aromatic carbocycles. The van der Waals surface area contributed by atoms with Gasteiger partial charge in [-0.15, -0.1) is 0 Å². The van der Waals surface area contributed by atoms with E-state index in [1.807, 2.05) is 30.3 Å². The van der Waals surface area contributed by atoms with Crippen LogP contribution in [0.15, 0.2) is 60.9 Å². The van der Waals surface area contributed by atoms with E-state index >= 15 is 0 Å². The van der Waals surface area contributed by atoms with Gasteiger partial charge < -0.3 is 5.11 Å². The number of hydrogen-bond donors (Lipinski definition) is 2. The van der Waals surface area contributed by atoms with Crippen molar-refractivity contribution in [3.63, 3.8) is 0 Å². The Bertz CT molecular complexity index is 1030. The second-order valence-electron chi connectivity index (χ2n) is 5.54. The average Bonchev–Trinajstić information content (AvgIpc) is 3.10. The standard InChI is InChI=1S/C19H14FN3O/c20-17-5-3-13(9-15(17)11-24)19-16(2-1-7-21-19)12-4-6-18-14(8-12)10-22-23-18/h1-10,24H,11H2,(H,22,23). The lowest BCUT2D eigenvalue weighted by atomic mass is 9.97. The molecular formula is C19H14FN3O. The molecule has 24 heavy (non-hydrogen) atoms. The molecule has 0 saturated heterocycles. The van der Waals surface area contributed by atoms with Crippen LogP contribution in [0.1, 0.15) is 5.56 Å². The summed E-state index contributed by atoms with van der Waals surface area (Å²) in [6.45, 7) is -0.344. The topological polar surface area (TPSA) is 61.8 Å². The van der Waals surface area contributed by atoms with Gasteiger partial charge in [0.2, 0.25) is 0 Å². The fourth-order valence-corrected chi connectivity index (χ4v) is 2.82. The van der Waals surface area contributed by atoms with Crippen molar-refractivity contribution >= 4 is 10.9 Å². The van der Waals surface area contributed by atoms with E-state index in [-0.39, 0.29) is 12.2 Å². The van der Waals surface area contributed by atoms with Crippen LogP contribution in [0.5, 0.6) is 0 Å². The summed E-state index contributed by atoms with van der Waals surface area (Å²) in [6, 6.07) is 14.5. The molecule has 0 spiro atoms. The van der Waals surface area contributed by atoms with E-state index in [4.69, 9.17) is 0 Å². The van der Waals surface area contributed by atoms with Crippen LogP contribution in [0.3, 0.4) is 0 Å². The van der Waals surface area contributed by atoms with Gasteiger partial charge in [0, 0.05) is 28.3 Å².